The first-order chi connectivity index (χ1) is 6.25. The molecule has 0 spiro atoms. The summed E-state index contributed by atoms with van der Waals surface area (Å²) in [7, 11) is 0. The molecule has 1 unspecified atom stereocenters. The van der Waals surface area contributed by atoms with E-state index in [1.165, 1.54) is 0 Å². The molecular formula is C9H20N4. The number of piperazine rings is 1. The van der Waals surface area contributed by atoms with Gasteiger partial charge in [0.05, 0.1) is 6.04 Å². The molecular weight excluding hydrogens is 164 g/mol. The second kappa shape index (κ2) is 5.19. The van der Waals surface area contributed by atoms with Crippen LogP contribution in [0.3, 0.4) is 0 Å². The fourth-order valence-corrected chi connectivity index (χ4v) is 1.80. The molecule has 1 saturated heterocycles. The second-order valence-corrected chi connectivity index (χ2v) is 3.55. The van der Waals surface area contributed by atoms with Crippen molar-refractivity contribution in [1.82, 2.24) is 10.2 Å². The molecule has 0 aromatic carbocycles. The van der Waals surface area contributed by atoms with E-state index < -0.39 is 0 Å². The van der Waals surface area contributed by atoms with E-state index in [0.29, 0.717) is 5.84 Å². The van der Waals surface area contributed by atoms with E-state index in [9.17, 15) is 0 Å². The third-order valence-corrected chi connectivity index (χ3v) is 2.51. The van der Waals surface area contributed by atoms with E-state index in [-0.39, 0.29) is 6.04 Å². The van der Waals surface area contributed by atoms with Gasteiger partial charge in [0, 0.05) is 26.2 Å². The van der Waals surface area contributed by atoms with Gasteiger partial charge in [0.15, 0.2) is 0 Å². The fraction of sp³-hybridized carbons (Fsp3) is 0.889. The minimum atomic E-state index is 0.173. The van der Waals surface area contributed by atoms with Gasteiger partial charge in [-0.1, -0.05) is 13.3 Å². The first kappa shape index (κ1) is 10.5. The number of nitrogens with one attached hydrogen (secondary N) is 2. The zero-order valence-electron chi connectivity index (χ0n) is 8.34. The average Bonchev–Trinajstić information content (AvgIpc) is 2.15. The summed E-state index contributed by atoms with van der Waals surface area (Å²) in [5.74, 6) is 0.323. The number of amidine groups is 1. The lowest BCUT2D eigenvalue weighted by molar-refractivity contribution is 0.203. The van der Waals surface area contributed by atoms with Crippen LogP contribution in [0.1, 0.15) is 19.8 Å². The molecule has 0 bridgehead atoms. The van der Waals surface area contributed by atoms with Crippen LogP contribution in [0.5, 0.6) is 0 Å². The molecule has 0 aromatic heterocycles. The van der Waals surface area contributed by atoms with Crippen molar-refractivity contribution in [3.63, 3.8) is 0 Å². The summed E-state index contributed by atoms with van der Waals surface area (Å²) in [5, 5.41) is 10.8. The lowest BCUT2D eigenvalue weighted by Gasteiger charge is -2.34. The summed E-state index contributed by atoms with van der Waals surface area (Å²) in [6.07, 6.45) is 2.10. The maximum absolute atomic E-state index is 7.51. The molecule has 0 amide bonds. The highest BCUT2D eigenvalue weighted by molar-refractivity contribution is 5.82. The van der Waals surface area contributed by atoms with E-state index in [4.69, 9.17) is 11.1 Å². The predicted octanol–water partition coefficient (Wildman–Crippen LogP) is -0.00373. The molecule has 1 atom stereocenters. The van der Waals surface area contributed by atoms with Crippen molar-refractivity contribution in [3.8, 4) is 0 Å². The number of hydrogen-bond acceptors (Lipinski definition) is 3. The van der Waals surface area contributed by atoms with Crippen molar-refractivity contribution in [2.45, 2.75) is 25.8 Å². The topological polar surface area (TPSA) is 65.1 Å². The summed E-state index contributed by atoms with van der Waals surface area (Å²) < 4.78 is 0. The largest absolute Gasteiger partial charge is 0.386 e. The van der Waals surface area contributed by atoms with Gasteiger partial charge < -0.3 is 11.1 Å². The molecule has 4 heteroatoms. The first-order valence-electron chi connectivity index (χ1n) is 5.04. The Morgan fingerprint density at radius 1 is 1.54 bits per heavy atom. The van der Waals surface area contributed by atoms with Gasteiger partial charge in [0.1, 0.15) is 5.84 Å². The van der Waals surface area contributed by atoms with Crippen LogP contribution < -0.4 is 11.1 Å². The minimum Gasteiger partial charge on any atom is -0.386 e. The van der Waals surface area contributed by atoms with E-state index in [1.807, 2.05) is 0 Å². The Balaban J connectivity index is 2.46. The van der Waals surface area contributed by atoms with Gasteiger partial charge in [0.2, 0.25) is 0 Å². The molecule has 13 heavy (non-hydrogen) atoms. The lowest BCUT2D eigenvalue weighted by atomic mass is 10.1. The molecule has 1 aliphatic rings. The highest BCUT2D eigenvalue weighted by Crippen LogP contribution is 2.07. The Labute approximate surface area is 80.0 Å². The maximum atomic E-state index is 7.51. The fourth-order valence-electron chi connectivity index (χ4n) is 1.80. The van der Waals surface area contributed by atoms with Gasteiger partial charge in [-0.05, 0) is 6.42 Å². The maximum Gasteiger partial charge on any atom is 0.108 e. The highest BCUT2D eigenvalue weighted by Gasteiger charge is 2.21. The highest BCUT2D eigenvalue weighted by atomic mass is 15.2. The number of nitrogens with zero attached hydrogens (tertiary/aromatic N) is 1. The van der Waals surface area contributed by atoms with Gasteiger partial charge in [-0.3, -0.25) is 10.3 Å². The van der Waals surface area contributed by atoms with Gasteiger partial charge in [-0.2, -0.15) is 0 Å². The molecule has 1 fully saturated rings. The Morgan fingerprint density at radius 3 is 2.62 bits per heavy atom. The van der Waals surface area contributed by atoms with E-state index in [0.717, 1.165) is 39.0 Å². The van der Waals surface area contributed by atoms with Gasteiger partial charge >= 0.3 is 0 Å². The van der Waals surface area contributed by atoms with Gasteiger partial charge in [-0.25, -0.2) is 0 Å². The quantitative estimate of drug-likeness (QED) is 0.425. The predicted molar refractivity (Wildman–Crippen MR) is 55.1 cm³/mol. The standard InChI is InChI=1S/C9H20N4/c1-2-3-8(9(10)11)13-6-4-12-5-7-13/h8,12H,2-7H2,1H3,(H3,10,11). The molecule has 0 radical (unpaired) electrons. The normalized spacial score (nSPS) is 21.3. The van der Waals surface area contributed by atoms with E-state index in [2.05, 4.69) is 17.1 Å². The third kappa shape index (κ3) is 2.97. The van der Waals surface area contributed by atoms with Crippen LogP contribution >= 0.6 is 0 Å². The van der Waals surface area contributed by atoms with Crippen LogP contribution in [0.2, 0.25) is 0 Å². The number of rotatable bonds is 4. The smallest absolute Gasteiger partial charge is 0.108 e. The minimum absolute atomic E-state index is 0.173. The molecule has 0 aliphatic carbocycles. The molecule has 0 saturated carbocycles. The van der Waals surface area contributed by atoms with Crippen molar-refractivity contribution < 1.29 is 0 Å². The first-order valence-corrected chi connectivity index (χ1v) is 5.04. The SMILES string of the molecule is CCCC(C(=N)N)N1CCNCC1. The van der Waals surface area contributed by atoms with Crippen molar-refractivity contribution in [3.05, 3.63) is 0 Å². The monoisotopic (exact) mass is 184 g/mol. The molecule has 0 aromatic rings. The third-order valence-electron chi connectivity index (χ3n) is 2.51. The lowest BCUT2D eigenvalue weighted by Crippen LogP contribution is -2.52. The Bertz CT molecular complexity index is 163. The van der Waals surface area contributed by atoms with Crippen LogP contribution in [-0.2, 0) is 0 Å². The van der Waals surface area contributed by atoms with Crippen LogP contribution in [0, 0.1) is 5.41 Å². The van der Waals surface area contributed by atoms with Crippen LogP contribution in [0.15, 0.2) is 0 Å². The molecule has 4 N–H and O–H groups in total. The molecule has 1 rings (SSSR count). The Morgan fingerprint density at radius 2 is 2.15 bits per heavy atom. The second-order valence-electron chi connectivity index (χ2n) is 3.55. The summed E-state index contributed by atoms with van der Waals surface area (Å²) in [6, 6.07) is 0.173. The molecule has 76 valence electrons. The summed E-state index contributed by atoms with van der Waals surface area (Å²) in [4.78, 5) is 2.31. The zero-order valence-corrected chi connectivity index (χ0v) is 8.34. The zero-order chi connectivity index (χ0) is 9.68. The van der Waals surface area contributed by atoms with E-state index >= 15 is 0 Å². The van der Waals surface area contributed by atoms with Gasteiger partial charge in [0.25, 0.3) is 0 Å². The average molecular weight is 184 g/mol. The summed E-state index contributed by atoms with van der Waals surface area (Å²) in [5.41, 5.74) is 5.57. The Hall–Kier alpha value is -0.610. The molecule has 4 nitrogen and oxygen atoms in total. The summed E-state index contributed by atoms with van der Waals surface area (Å²) >= 11 is 0. The van der Waals surface area contributed by atoms with Crippen LogP contribution in [-0.4, -0.2) is 43.0 Å². The van der Waals surface area contributed by atoms with Crippen LogP contribution in [0.4, 0.5) is 0 Å². The van der Waals surface area contributed by atoms with Crippen molar-refractivity contribution >= 4 is 5.84 Å². The van der Waals surface area contributed by atoms with Crippen molar-refractivity contribution in [2.24, 2.45) is 5.73 Å². The Kier molecular flexibility index (Phi) is 4.18. The van der Waals surface area contributed by atoms with E-state index in [1.54, 1.807) is 0 Å². The van der Waals surface area contributed by atoms with Crippen molar-refractivity contribution in [2.75, 3.05) is 26.2 Å². The number of nitrogens with two attached hydrogens (primary N) is 1. The van der Waals surface area contributed by atoms with Gasteiger partial charge in [-0.15, -0.1) is 0 Å². The molecule has 1 aliphatic heterocycles. The molecule has 1 heterocycles. The van der Waals surface area contributed by atoms with Crippen LogP contribution in [0.25, 0.3) is 0 Å². The number of hydrogen-bond donors (Lipinski definition) is 3. The summed E-state index contributed by atoms with van der Waals surface area (Å²) in [6.45, 7) is 6.22. The van der Waals surface area contributed by atoms with Crippen molar-refractivity contribution in [1.29, 1.82) is 5.41 Å².